The van der Waals surface area contributed by atoms with E-state index in [0.717, 1.165) is 38.5 Å². The largest absolute Gasteiger partial charge is 0.373 e. The molecule has 2 aromatic carbocycles. The minimum atomic E-state index is 0. The number of rotatable bonds is 7. The highest BCUT2D eigenvalue weighted by Gasteiger charge is 2.27. The van der Waals surface area contributed by atoms with Crippen LogP contribution in [0.2, 0.25) is 0 Å². The topological polar surface area (TPSA) is 48.9 Å². The third-order valence-electron chi connectivity index (χ3n) is 6.60. The van der Waals surface area contributed by atoms with Crippen molar-refractivity contribution >= 4 is 35.6 Å². The molecule has 2 heterocycles. The molecule has 0 amide bonds. The van der Waals surface area contributed by atoms with E-state index in [4.69, 9.17) is 9.73 Å². The van der Waals surface area contributed by atoms with Crippen molar-refractivity contribution in [2.45, 2.75) is 51.7 Å². The molecule has 4 rings (SSSR count). The predicted octanol–water partition coefficient (Wildman–Crippen LogP) is 5.69. The molecule has 2 fully saturated rings. The van der Waals surface area contributed by atoms with E-state index in [0.29, 0.717) is 5.92 Å². The molecule has 0 aliphatic carbocycles. The van der Waals surface area contributed by atoms with Crippen LogP contribution in [0.1, 0.15) is 62.8 Å². The summed E-state index contributed by atoms with van der Waals surface area (Å²) in [4.78, 5) is 7.47. The molecular weight excluding hydrogens is 523 g/mol. The second-order valence-electron chi connectivity index (χ2n) is 8.98. The van der Waals surface area contributed by atoms with Gasteiger partial charge in [0, 0.05) is 44.4 Å². The average molecular weight is 563 g/mol. The molecule has 180 valence electrons. The maximum atomic E-state index is 6.17. The molecule has 2 aromatic rings. The summed E-state index contributed by atoms with van der Waals surface area (Å²) in [5.41, 5.74) is 3.89. The van der Waals surface area contributed by atoms with Gasteiger partial charge in [0.1, 0.15) is 0 Å². The zero-order chi connectivity index (χ0) is 22.2. The summed E-state index contributed by atoms with van der Waals surface area (Å²) in [6.45, 7) is 9.11. The van der Waals surface area contributed by atoms with Crippen LogP contribution in [0.4, 0.5) is 5.69 Å². The first-order valence-corrected chi connectivity index (χ1v) is 12.3. The smallest absolute Gasteiger partial charge is 0.191 e. The molecule has 0 aromatic heterocycles. The summed E-state index contributed by atoms with van der Waals surface area (Å²) in [5.74, 6) is 1.28. The van der Waals surface area contributed by atoms with Gasteiger partial charge < -0.3 is 20.3 Å². The van der Waals surface area contributed by atoms with Crippen molar-refractivity contribution in [1.82, 2.24) is 10.6 Å². The van der Waals surface area contributed by atoms with Crippen LogP contribution in [0, 0.1) is 5.92 Å². The lowest BCUT2D eigenvalue weighted by molar-refractivity contribution is -0.0250. The fourth-order valence-corrected chi connectivity index (χ4v) is 4.82. The number of benzene rings is 2. The highest BCUT2D eigenvalue weighted by Crippen LogP contribution is 2.33. The van der Waals surface area contributed by atoms with Gasteiger partial charge >= 0.3 is 0 Å². The summed E-state index contributed by atoms with van der Waals surface area (Å²) in [7, 11) is 0. The van der Waals surface area contributed by atoms with E-state index < -0.39 is 0 Å². The first-order chi connectivity index (χ1) is 15.7. The highest BCUT2D eigenvalue weighted by atomic mass is 127. The van der Waals surface area contributed by atoms with Crippen molar-refractivity contribution < 1.29 is 4.74 Å². The van der Waals surface area contributed by atoms with Crippen molar-refractivity contribution in [2.75, 3.05) is 37.7 Å². The Hall–Kier alpha value is -1.80. The van der Waals surface area contributed by atoms with Crippen molar-refractivity contribution in [1.29, 1.82) is 0 Å². The van der Waals surface area contributed by atoms with Crippen molar-refractivity contribution in [3.05, 3.63) is 65.7 Å². The Balaban J connectivity index is 0.00000306. The highest BCUT2D eigenvalue weighted by molar-refractivity contribution is 14.0. The SMILES string of the molecule is CCNC(=NCC1CCCOC1c1ccccc1)NC(C)c1cccc(N2CCCC2)c1.I. The van der Waals surface area contributed by atoms with Crippen LogP contribution in [0.25, 0.3) is 0 Å². The van der Waals surface area contributed by atoms with Crippen LogP contribution in [0.3, 0.4) is 0 Å². The Labute approximate surface area is 216 Å². The fourth-order valence-electron chi connectivity index (χ4n) is 4.82. The summed E-state index contributed by atoms with van der Waals surface area (Å²) in [6.07, 6.45) is 4.98. The van der Waals surface area contributed by atoms with E-state index in [2.05, 4.69) is 84.0 Å². The second-order valence-corrected chi connectivity index (χ2v) is 8.98. The number of hydrogen-bond acceptors (Lipinski definition) is 3. The Morgan fingerprint density at radius 3 is 2.64 bits per heavy atom. The van der Waals surface area contributed by atoms with E-state index in [9.17, 15) is 0 Å². The van der Waals surface area contributed by atoms with Crippen molar-refractivity contribution in [3.8, 4) is 0 Å². The van der Waals surface area contributed by atoms with Crippen LogP contribution in [-0.2, 0) is 4.74 Å². The van der Waals surface area contributed by atoms with E-state index in [-0.39, 0.29) is 36.1 Å². The lowest BCUT2D eigenvalue weighted by Gasteiger charge is -2.31. The normalized spacial score (nSPS) is 21.9. The molecule has 0 radical (unpaired) electrons. The monoisotopic (exact) mass is 562 g/mol. The molecule has 0 spiro atoms. The number of ether oxygens (including phenoxy) is 1. The van der Waals surface area contributed by atoms with E-state index in [1.807, 2.05) is 0 Å². The van der Waals surface area contributed by atoms with Crippen molar-refractivity contribution in [2.24, 2.45) is 10.9 Å². The molecule has 3 atom stereocenters. The standard InChI is InChI=1S/C27H38N4O.HI/c1-3-28-27(29-20-24-14-10-18-32-26(24)22-11-5-4-6-12-22)30-21(2)23-13-9-15-25(19-23)31-16-7-8-17-31;/h4-6,9,11-13,15,19,21,24,26H,3,7-8,10,14,16-18,20H2,1-2H3,(H2,28,29,30);1H. The van der Waals surface area contributed by atoms with Gasteiger partial charge in [-0.05, 0) is 62.8 Å². The third kappa shape index (κ3) is 7.09. The van der Waals surface area contributed by atoms with Gasteiger partial charge in [-0.3, -0.25) is 4.99 Å². The minimum absolute atomic E-state index is 0. The Kier molecular flexibility index (Phi) is 10.3. The molecule has 33 heavy (non-hydrogen) atoms. The van der Waals surface area contributed by atoms with E-state index >= 15 is 0 Å². The first kappa shape index (κ1) is 25.8. The summed E-state index contributed by atoms with van der Waals surface area (Å²) in [5, 5.41) is 7.06. The molecule has 0 saturated carbocycles. The Morgan fingerprint density at radius 1 is 1.09 bits per heavy atom. The predicted molar refractivity (Wildman–Crippen MR) is 149 cm³/mol. The van der Waals surface area contributed by atoms with Gasteiger partial charge in [-0.15, -0.1) is 24.0 Å². The molecule has 2 N–H and O–H groups in total. The molecule has 3 unspecified atom stereocenters. The molecule has 2 aliphatic heterocycles. The van der Waals surface area contributed by atoms with Gasteiger partial charge in [0.05, 0.1) is 12.1 Å². The molecule has 0 bridgehead atoms. The van der Waals surface area contributed by atoms with Crippen LogP contribution in [-0.4, -0.2) is 38.7 Å². The average Bonchev–Trinajstić information content (AvgIpc) is 3.39. The number of nitrogens with one attached hydrogen (secondary N) is 2. The molecule has 2 saturated heterocycles. The van der Waals surface area contributed by atoms with Crippen LogP contribution < -0.4 is 15.5 Å². The second kappa shape index (κ2) is 13.2. The van der Waals surface area contributed by atoms with Gasteiger partial charge in [-0.25, -0.2) is 0 Å². The van der Waals surface area contributed by atoms with Gasteiger partial charge in [0.2, 0.25) is 0 Å². The number of aliphatic imine (C=N–C) groups is 1. The molecule has 5 nitrogen and oxygen atoms in total. The number of nitrogens with zero attached hydrogens (tertiary/aromatic N) is 2. The fraction of sp³-hybridized carbons (Fsp3) is 0.519. The number of anilines is 1. The maximum Gasteiger partial charge on any atom is 0.191 e. The van der Waals surface area contributed by atoms with Crippen LogP contribution >= 0.6 is 24.0 Å². The number of hydrogen-bond donors (Lipinski definition) is 2. The van der Waals surface area contributed by atoms with E-state index in [1.165, 1.54) is 42.7 Å². The summed E-state index contributed by atoms with van der Waals surface area (Å²) >= 11 is 0. The molecule has 6 heteroatoms. The van der Waals surface area contributed by atoms with Gasteiger partial charge in [0.15, 0.2) is 5.96 Å². The maximum absolute atomic E-state index is 6.17. The van der Waals surface area contributed by atoms with E-state index in [1.54, 1.807) is 0 Å². The van der Waals surface area contributed by atoms with Gasteiger partial charge in [-0.1, -0.05) is 42.5 Å². The van der Waals surface area contributed by atoms with Crippen LogP contribution in [0.5, 0.6) is 0 Å². The zero-order valence-corrected chi connectivity index (χ0v) is 22.3. The lowest BCUT2D eigenvalue weighted by atomic mass is 9.89. The zero-order valence-electron chi connectivity index (χ0n) is 20.0. The quantitative estimate of drug-likeness (QED) is 0.259. The first-order valence-electron chi connectivity index (χ1n) is 12.3. The third-order valence-corrected chi connectivity index (χ3v) is 6.60. The summed E-state index contributed by atoms with van der Waals surface area (Å²) < 4.78 is 6.17. The summed E-state index contributed by atoms with van der Waals surface area (Å²) in [6, 6.07) is 19.7. The van der Waals surface area contributed by atoms with Gasteiger partial charge in [-0.2, -0.15) is 0 Å². The number of guanidine groups is 1. The number of halogens is 1. The van der Waals surface area contributed by atoms with Gasteiger partial charge in [0.25, 0.3) is 0 Å². The van der Waals surface area contributed by atoms with Crippen molar-refractivity contribution in [3.63, 3.8) is 0 Å². The van der Waals surface area contributed by atoms with Crippen LogP contribution in [0.15, 0.2) is 59.6 Å². The molecular formula is C27H39IN4O. The molecule has 2 aliphatic rings. The minimum Gasteiger partial charge on any atom is -0.373 e. The lowest BCUT2D eigenvalue weighted by Crippen LogP contribution is -2.39. The Bertz CT molecular complexity index is 869. The Morgan fingerprint density at radius 2 is 1.88 bits per heavy atom.